The maximum atomic E-state index is 17.2. The van der Waals surface area contributed by atoms with Gasteiger partial charge in [-0.25, -0.2) is 8.78 Å². The zero-order valence-corrected chi connectivity index (χ0v) is 50.4. The van der Waals surface area contributed by atoms with Crippen LogP contribution in [0.4, 0.5) is 42.9 Å². The molecule has 0 aliphatic heterocycles. The Kier molecular flexibility index (Phi) is 12.0. The summed E-state index contributed by atoms with van der Waals surface area (Å²) in [6.07, 6.45) is 0. The van der Waals surface area contributed by atoms with Crippen LogP contribution in [0.15, 0.2) is 291 Å². The van der Waals surface area contributed by atoms with Gasteiger partial charge in [-0.1, -0.05) is 258 Å². The summed E-state index contributed by atoms with van der Waals surface area (Å²) in [6, 6.07) is 102. The second-order valence-electron chi connectivity index (χ2n) is 25.3. The van der Waals surface area contributed by atoms with Crippen LogP contribution in [0.25, 0.3) is 111 Å². The Bertz CT molecular complexity index is 4930. The second-order valence-corrected chi connectivity index (χ2v) is 25.3. The maximum absolute atomic E-state index is 17.2. The Morgan fingerprint density at radius 2 is 0.611 bits per heavy atom. The lowest BCUT2D eigenvalue weighted by Crippen LogP contribution is -2.16. The highest BCUT2D eigenvalue weighted by Gasteiger charge is 2.40. The molecule has 0 fully saturated rings. The van der Waals surface area contributed by atoms with Gasteiger partial charge in [0.25, 0.3) is 0 Å². The third-order valence-corrected chi connectivity index (χ3v) is 19.7. The molecule has 0 heterocycles. The van der Waals surface area contributed by atoms with Gasteiger partial charge in [-0.3, -0.25) is 0 Å². The molecule has 3 aliphatic carbocycles. The van der Waals surface area contributed by atoms with Gasteiger partial charge in [-0.2, -0.15) is 0 Å². The summed E-state index contributed by atoms with van der Waals surface area (Å²) in [6.45, 7) is 9.16. The molecule has 0 spiro atoms. The van der Waals surface area contributed by atoms with Crippen molar-refractivity contribution in [1.29, 1.82) is 0 Å². The van der Waals surface area contributed by atoms with Crippen molar-refractivity contribution in [2.75, 3.05) is 9.80 Å². The SMILES string of the molecule is CC1(C)c2ccccc2-c2c(N(c3ccc(-c4c5c(c(-c6ccc(N(c7cc(-c8ccccc8)ccc7F)c7cccc8c7-c7ccccc7C8(C)C)cc6)c6ccccc46)-c4cccc6cccc-5c46)cc3)c3cc(-c4ccccc4)ccc3F)cccc21. The van der Waals surface area contributed by atoms with Crippen molar-refractivity contribution in [1.82, 2.24) is 0 Å². The van der Waals surface area contributed by atoms with E-state index in [1.807, 2.05) is 60.7 Å². The quantitative estimate of drug-likeness (QED) is 0.135. The van der Waals surface area contributed by atoms with Crippen LogP contribution in [0.1, 0.15) is 49.9 Å². The number of nitrogens with zero attached hydrogens (tertiary/aromatic N) is 2. The molecule has 0 saturated carbocycles. The normalized spacial score (nSPS) is 13.4. The smallest absolute Gasteiger partial charge is 0.147 e. The predicted molar refractivity (Wildman–Crippen MR) is 372 cm³/mol. The summed E-state index contributed by atoms with van der Waals surface area (Å²) in [5, 5.41) is 4.64. The lowest BCUT2D eigenvalue weighted by Gasteiger charge is -2.30. The minimum Gasteiger partial charge on any atom is -0.307 e. The molecule has 0 radical (unpaired) electrons. The second kappa shape index (κ2) is 20.3. The van der Waals surface area contributed by atoms with E-state index < -0.39 is 0 Å². The summed E-state index contributed by atoms with van der Waals surface area (Å²) in [5.41, 5.74) is 26.4. The van der Waals surface area contributed by atoms with Crippen LogP contribution in [-0.4, -0.2) is 0 Å². The number of anilines is 6. The summed E-state index contributed by atoms with van der Waals surface area (Å²) >= 11 is 0. The molecule has 0 unspecified atom stereocenters. The van der Waals surface area contributed by atoms with E-state index in [-0.39, 0.29) is 22.5 Å². The van der Waals surface area contributed by atoms with Crippen LogP contribution in [0.3, 0.4) is 0 Å². The Hall–Kier alpha value is -10.9. The zero-order valence-electron chi connectivity index (χ0n) is 50.4. The van der Waals surface area contributed by atoms with E-state index in [4.69, 9.17) is 0 Å². The van der Waals surface area contributed by atoms with Crippen molar-refractivity contribution in [3.63, 3.8) is 0 Å². The maximum Gasteiger partial charge on any atom is 0.147 e. The monoisotopic (exact) mass is 1160 g/mol. The highest BCUT2D eigenvalue weighted by Crippen LogP contribution is 2.60. The zero-order chi connectivity index (χ0) is 60.6. The molecule has 0 bridgehead atoms. The molecule has 3 aliphatic rings. The van der Waals surface area contributed by atoms with Crippen molar-refractivity contribution in [3.8, 4) is 89.0 Å². The van der Waals surface area contributed by atoms with E-state index in [0.717, 1.165) is 100 Å². The number of hydrogen-bond donors (Lipinski definition) is 0. The van der Waals surface area contributed by atoms with Crippen LogP contribution < -0.4 is 9.80 Å². The van der Waals surface area contributed by atoms with Crippen LogP contribution in [0.5, 0.6) is 0 Å². The van der Waals surface area contributed by atoms with E-state index in [2.05, 4.69) is 256 Å². The third kappa shape index (κ3) is 8.00. The fourth-order valence-corrected chi connectivity index (χ4v) is 15.5. The van der Waals surface area contributed by atoms with Crippen molar-refractivity contribution in [2.24, 2.45) is 0 Å². The summed E-state index contributed by atoms with van der Waals surface area (Å²) < 4.78 is 34.3. The third-order valence-electron chi connectivity index (χ3n) is 19.7. The molecular weight excluding hydrogens is 1100 g/mol. The molecule has 4 heteroatoms. The molecule has 14 aromatic carbocycles. The molecule has 428 valence electrons. The predicted octanol–water partition coefficient (Wildman–Crippen LogP) is 24.1. The first-order chi connectivity index (χ1) is 44.0. The fourth-order valence-electron chi connectivity index (χ4n) is 15.5. The van der Waals surface area contributed by atoms with Crippen LogP contribution in [-0.2, 0) is 10.8 Å². The highest BCUT2D eigenvalue weighted by atomic mass is 19.1. The van der Waals surface area contributed by atoms with E-state index in [9.17, 15) is 0 Å². The fraction of sp³-hybridized carbons (Fsp3) is 0.0698. The standard InChI is InChI=1S/C86H60F2N2/c1-85(2)68-33-15-13-29-64(68)81-70(85)35-19-37-74(81)89(76-51-58(43-49-72(76)87)53-21-7-5-8-22-53)60-45-39-56(40-46-60)79-62-27-11-12-28-63(62)80(84-67-32-18-26-55-25-17-31-66(78(55)67)83(79)84)57-41-47-61(48-42-57)90(77-52-59(44-50-73(77)88)54-23-9-6-10-24-54)75-38-20-36-71-82(75)65-30-14-16-34-69(65)86(71,3)4/h5-52H,1-4H3. The molecule has 17 rings (SSSR count). The molecule has 90 heavy (non-hydrogen) atoms. The van der Waals surface area contributed by atoms with Gasteiger partial charge in [0.05, 0.1) is 22.7 Å². The first-order valence-electron chi connectivity index (χ1n) is 31.1. The van der Waals surface area contributed by atoms with Crippen molar-refractivity contribution >= 4 is 55.7 Å². The van der Waals surface area contributed by atoms with Crippen molar-refractivity contribution < 1.29 is 8.78 Å². The topological polar surface area (TPSA) is 6.48 Å². The molecule has 0 saturated heterocycles. The summed E-state index contributed by atoms with van der Waals surface area (Å²) in [5.74, 6) is -0.619. The molecule has 0 aromatic heterocycles. The van der Waals surface area contributed by atoms with Crippen molar-refractivity contribution in [3.05, 3.63) is 325 Å². The van der Waals surface area contributed by atoms with Gasteiger partial charge in [0, 0.05) is 33.3 Å². The number of hydrogen-bond acceptors (Lipinski definition) is 2. The van der Waals surface area contributed by atoms with Gasteiger partial charge in [-0.05, 0) is 182 Å². The Labute approximate surface area is 523 Å². The average Bonchev–Trinajstić information content (AvgIpc) is 1.53. The molecule has 14 aromatic rings. The van der Waals surface area contributed by atoms with Gasteiger partial charge < -0.3 is 9.80 Å². The Morgan fingerprint density at radius 1 is 0.256 bits per heavy atom. The van der Waals surface area contributed by atoms with Gasteiger partial charge in [0.1, 0.15) is 11.6 Å². The largest absolute Gasteiger partial charge is 0.307 e. The van der Waals surface area contributed by atoms with Crippen LogP contribution in [0.2, 0.25) is 0 Å². The van der Waals surface area contributed by atoms with Gasteiger partial charge >= 0.3 is 0 Å². The number of benzene rings is 14. The number of halogens is 2. The van der Waals surface area contributed by atoms with E-state index in [0.29, 0.717) is 11.4 Å². The minimum absolute atomic E-state index is 0.263. The lowest BCUT2D eigenvalue weighted by atomic mass is 9.82. The summed E-state index contributed by atoms with van der Waals surface area (Å²) in [4.78, 5) is 4.27. The van der Waals surface area contributed by atoms with Gasteiger partial charge in [0.2, 0.25) is 0 Å². The minimum atomic E-state index is -0.310. The van der Waals surface area contributed by atoms with Crippen molar-refractivity contribution in [2.45, 2.75) is 38.5 Å². The molecule has 0 amide bonds. The Balaban J connectivity index is 0.854. The number of fused-ring (bicyclic) bond motifs is 10. The average molecular weight is 1160 g/mol. The first kappa shape index (κ1) is 53.3. The molecular formula is C86H60F2N2. The molecule has 0 atom stereocenters. The van der Waals surface area contributed by atoms with E-state index >= 15 is 8.78 Å². The van der Waals surface area contributed by atoms with E-state index in [1.165, 1.54) is 55.3 Å². The van der Waals surface area contributed by atoms with Crippen LogP contribution in [0, 0.1) is 11.6 Å². The van der Waals surface area contributed by atoms with Crippen LogP contribution >= 0.6 is 0 Å². The van der Waals surface area contributed by atoms with Gasteiger partial charge in [0.15, 0.2) is 0 Å². The lowest BCUT2D eigenvalue weighted by molar-refractivity contribution is 0.628. The van der Waals surface area contributed by atoms with E-state index in [1.54, 1.807) is 12.1 Å². The Morgan fingerprint density at radius 3 is 1.04 bits per heavy atom. The summed E-state index contributed by atoms with van der Waals surface area (Å²) in [7, 11) is 0. The molecule has 2 nitrogen and oxygen atoms in total. The van der Waals surface area contributed by atoms with Gasteiger partial charge in [-0.15, -0.1) is 0 Å². The first-order valence-corrected chi connectivity index (χ1v) is 31.1. The number of rotatable bonds is 10. The molecule has 0 N–H and O–H groups in total. The highest BCUT2D eigenvalue weighted by molar-refractivity contribution is 6.27.